The molecule has 2 rings (SSSR count). The van der Waals surface area contributed by atoms with E-state index in [1.165, 1.54) is 17.7 Å². The fourth-order valence-corrected chi connectivity index (χ4v) is 1.57. The number of aryl methyl sites for hydroxylation is 1. The van der Waals surface area contributed by atoms with Crippen molar-refractivity contribution in [3.63, 3.8) is 0 Å². The quantitative estimate of drug-likeness (QED) is 0.416. The van der Waals surface area contributed by atoms with Gasteiger partial charge in [-0.15, -0.1) is 0 Å². The van der Waals surface area contributed by atoms with Crippen molar-refractivity contribution >= 4 is 5.69 Å². The monoisotopic (exact) mass is 264 g/mol. The predicted molar refractivity (Wildman–Crippen MR) is 63.6 cm³/mol. The largest absolute Gasteiger partial charge is 1.00 e. The van der Waals surface area contributed by atoms with Crippen LogP contribution in [-0.4, -0.2) is 4.92 Å². The van der Waals surface area contributed by atoms with Crippen LogP contribution in [0.4, 0.5) is 5.69 Å². The minimum Gasteiger partial charge on any atom is -1.00 e. The van der Waals surface area contributed by atoms with Crippen LogP contribution in [0.15, 0.2) is 48.8 Å². The number of pyridine rings is 1. The van der Waals surface area contributed by atoms with Crippen LogP contribution in [0.2, 0.25) is 0 Å². The minimum absolute atomic E-state index is 0. The molecule has 1 aromatic heterocycles. The van der Waals surface area contributed by atoms with Gasteiger partial charge >= 0.3 is 0 Å². The summed E-state index contributed by atoms with van der Waals surface area (Å²) in [5.74, 6) is 0. The summed E-state index contributed by atoms with van der Waals surface area (Å²) in [7, 11) is 0. The number of aromatic nitrogens is 1. The zero-order chi connectivity index (χ0) is 12.3. The van der Waals surface area contributed by atoms with E-state index in [1.807, 2.05) is 36.0 Å². The molecule has 0 unspecified atom stereocenters. The second kappa shape index (κ2) is 6.12. The molecule has 0 aliphatic heterocycles. The molecule has 0 bridgehead atoms. The van der Waals surface area contributed by atoms with Crippen molar-refractivity contribution in [2.24, 2.45) is 0 Å². The molecule has 1 heterocycles. The van der Waals surface area contributed by atoms with Crippen molar-refractivity contribution in [1.82, 2.24) is 0 Å². The molecule has 0 radical (unpaired) electrons. The first kappa shape index (κ1) is 14.1. The number of nitro benzene ring substituents is 1. The van der Waals surface area contributed by atoms with E-state index >= 15 is 0 Å². The molecule has 0 atom stereocenters. The van der Waals surface area contributed by atoms with Crippen molar-refractivity contribution in [1.29, 1.82) is 0 Å². The summed E-state index contributed by atoms with van der Waals surface area (Å²) < 4.78 is 2.04. The first-order valence-corrected chi connectivity index (χ1v) is 5.34. The van der Waals surface area contributed by atoms with Gasteiger partial charge in [0.05, 0.1) is 4.92 Å². The predicted octanol–water partition coefficient (Wildman–Crippen LogP) is -0.757. The smallest absolute Gasteiger partial charge is 0.269 e. The lowest BCUT2D eigenvalue weighted by Gasteiger charge is -1.98. The third-order valence-corrected chi connectivity index (χ3v) is 2.57. The summed E-state index contributed by atoms with van der Waals surface area (Å²) in [5.41, 5.74) is 2.39. The highest BCUT2D eigenvalue weighted by atomic mass is 35.5. The number of nitro groups is 1. The van der Waals surface area contributed by atoms with Crippen LogP contribution in [0.5, 0.6) is 0 Å². The molecule has 0 aliphatic carbocycles. The van der Waals surface area contributed by atoms with Gasteiger partial charge in [-0.1, -0.05) is 0 Å². The van der Waals surface area contributed by atoms with E-state index in [-0.39, 0.29) is 23.0 Å². The van der Waals surface area contributed by atoms with E-state index in [2.05, 4.69) is 0 Å². The fraction of sp³-hybridized carbons (Fsp3) is 0.154. The highest BCUT2D eigenvalue weighted by molar-refractivity contribution is 5.32. The number of nitrogens with zero attached hydrogens (tertiary/aromatic N) is 2. The average Bonchev–Trinajstić information content (AvgIpc) is 2.33. The molecule has 2 aromatic rings. The second-order valence-corrected chi connectivity index (χ2v) is 3.97. The van der Waals surface area contributed by atoms with E-state index in [4.69, 9.17) is 0 Å². The summed E-state index contributed by atoms with van der Waals surface area (Å²) in [6.45, 7) is 2.76. The molecule has 94 valence electrons. The van der Waals surface area contributed by atoms with E-state index in [1.54, 1.807) is 12.1 Å². The molecule has 0 fully saturated rings. The molecule has 0 amide bonds. The minimum atomic E-state index is -0.386. The van der Waals surface area contributed by atoms with Gasteiger partial charge in [-0.3, -0.25) is 10.1 Å². The molecule has 0 spiro atoms. The molecule has 5 heteroatoms. The van der Waals surface area contributed by atoms with Gasteiger partial charge in [0.1, 0.15) is 0 Å². The fourth-order valence-electron chi connectivity index (χ4n) is 1.57. The van der Waals surface area contributed by atoms with Crippen LogP contribution in [-0.2, 0) is 6.54 Å². The number of hydrogen-bond donors (Lipinski definition) is 0. The van der Waals surface area contributed by atoms with Crippen molar-refractivity contribution in [2.45, 2.75) is 13.5 Å². The van der Waals surface area contributed by atoms with Crippen molar-refractivity contribution in [3.8, 4) is 0 Å². The van der Waals surface area contributed by atoms with Crippen LogP contribution in [0, 0.1) is 17.0 Å². The Morgan fingerprint density at radius 3 is 2.17 bits per heavy atom. The van der Waals surface area contributed by atoms with Crippen molar-refractivity contribution < 1.29 is 21.9 Å². The Labute approximate surface area is 111 Å². The molecule has 18 heavy (non-hydrogen) atoms. The Morgan fingerprint density at radius 1 is 1.11 bits per heavy atom. The maximum Gasteiger partial charge on any atom is 0.269 e. The molecule has 0 N–H and O–H groups in total. The van der Waals surface area contributed by atoms with Crippen molar-refractivity contribution in [3.05, 3.63) is 70.0 Å². The standard InChI is InChI=1S/C13H13N2O2.ClH/c1-11-6-8-14(9-7-11)10-12-2-4-13(5-3-12)15(16)17;/h2-9H,10H2,1H3;1H/q+1;/p-1. The maximum absolute atomic E-state index is 10.5. The van der Waals surface area contributed by atoms with Gasteiger partial charge < -0.3 is 12.4 Å². The van der Waals surface area contributed by atoms with E-state index < -0.39 is 0 Å². The molecule has 0 aliphatic rings. The molecule has 0 saturated heterocycles. The van der Waals surface area contributed by atoms with Crippen LogP contribution >= 0.6 is 0 Å². The zero-order valence-electron chi connectivity index (χ0n) is 9.91. The molecule has 1 aromatic carbocycles. The Kier molecular flexibility index (Phi) is 4.80. The van der Waals surface area contributed by atoms with Crippen LogP contribution in [0.3, 0.4) is 0 Å². The van der Waals surface area contributed by atoms with Gasteiger partial charge in [0.2, 0.25) is 0 Å². The molecular weight excluding hydrogens is 252 g/mol. The van der Waals surface area contributed by atoms with Crippen LogP contribution in [0.1, 0.15) is 11.1 Å². The highest BCUT2D eigenvalue weighted by Gasteiger charge is 2.06. The Hall–Kier alpha value is -1.94. The van der Waals surface area contributed by atoms with Gasteiger partial charge in [0.25, 0.3) is 5.69 Å². The summed E-state index contributed by atoms with van der Waals surface area (Å²) in [5, 5.41) is 10.5. The SMILES string of the molecule is Cc1cc[n+](Cc2ccc([N+](=O)[O-])cc2)cc1.[Cl-]. The van der Waals surface area contributed by atoms with Gasteiger partial charge in [-0.25, -0.2) is 4.57 Å². The van der Waals surface area contributed by atoms with E-state index in [0.717, 1.165) is 12.1 Å². The lowest BCUT2D eigenvalue weighted by atomic mass is 10.2. The van der Waals surface area contributed by atoms with E-state index in [0.29, 0.717) is 0 Å². The van der Waals surface area contributed by atoms with Crippen LogP contribution < -0.4 is 17.0 Å². The summed E-state index contributed by atoms with van der Waals surface area (Å²) in [4.78, 5) is 10.1. The summed E-state index contributed by atoms with van der Waals surface area (Å²) in [6, 6.07) is 10.7. The van der Waals surface area contributed by atoms with Gasteiger partial charge in [0, 0.05) is 29.8 Å². The maximum atomic E-state index is 10.5. The van der Waals surface area contributed by atoms with E-state index in [9.17, 15) is 10.1 Å². The third-order valence-electron chi connectivity index (χ3n) is 2.57. The zero-order valence-corrected chi connectivity index (χ0v) is 10.7. The Bertz CT molecular complexity index is 524. The molecule has 0 saturated carbocycles. The number of benzene rings is 1. The third kappa shape index (κ3) is 3.53. The lowest BCUT2D eigenvalue weighted by molar-refractivity contribution is -0.688. The first-order chi connectivity index (χ1) is 8.15. The molecule has 4 nitrogen and oxygen atoms in total. The number of hydrogen-bond acceptors (Lipinski definition) is 2. The second-order valence-electron chi connectivity index (χ2n) is 3.97. The highest BCUT2D eigenvalue weighted by Crippen LogP contribution is 2.11. The van der Waals surface area contributed by atoms with Crippen LogP contribution in [0.25, 0.3) is 0 Å². The molecular formula is C13H13ClN2O2. The van der Waals surface area contributed by atoms with Gasteiger partial charge in [-0.2, -0.15) is 0 Å². The number of non-ortho nitro benzene ring substituents is 1. The van der Waals surface area contributed by atoms with Gasteiger partial charge in [0.15, 0.2) is 18.9 Å². The normalized spacial score (nSPS) is 9.61. The summed E-state index contributed by atoms with van der Waals surface area (Å²) in [6.07, 6.45) is 3.99. The first-order valence-electron chi connectivity index (χ1n) is 5.34. The van der Waals surface area contributed by atoms with Crippen molar-refractivity contribution in [2.75, 3.05) is 0 Å². The average molecular weight is 265 g/mol. The Morgan fingerprint density at radius 2 is 1.67 bits per heavy atom. The summed E-state index contributed by atoms with van der Waals surface area (Å²) >= 11 is 0. The number of rotatable bonds is 3. The topological polar surface area (TPSA) is 47.0 Å². The lowest BCUT2D eigenvalue weighted by Crippen LogP contribution is -3.00. The van der Waals surface area contributed by atoms with Gasteiger partial charge in [-0.05, 0) is 24.6 Å². The number of halogens is 1. The Balaban J connectivity index is 0.00000162.